The van der Waals surface area contributed by atoms with Gasteiger partial charge in [0.05, 0.1) is 4.92 Å². The molecule has 28 heavy (non-hydrogen) atoms. The van der Waals surface area contributed by atoms with Gasteiger partial charge in [-0.15, -0.1) is 0 Å². The van der Waals surface area contributed by atoms with Crippen molar-refractivity contribution >= 4 is 17.3 Å². The smallest absolute Gasteiger partial charge is 0.269 e. The first-order valence-corrected chi connectivity index (χ1v) is 9.62. The van der Waals surface area contributed by atoms with E-state index in [-0.39, 0.29) is 18.2 Å². The van der Waals surface area contributed by atoms with Gasteiger partial charge < -0.3 is 14.5 Å². The van der Waals surface area contributed by atoms with Crippen LogP contribution in [0.25, 0.3) is 0 Å². The first-order valence-electron chi connectivity index (χ1n) is 9.62. The fraction of sp³-hybridized carbons (Fsp3) is 0.381. The van der Waals surface area contributed by atoms with Crippen LogP contribution in [0.5, 0.6) is 5.75 Å². The minimum atomic E-state index is -0.401. The Kier molecular flexibility index (Phi) is 5.14. The van der Waals surface area contributed by atoms with Crippen LogP contribution in [0.4, 0.5) is 11.4 Å². The van der Waals surface area contributed by atoms with Crippen LogP contribution in [-0.4, -0.2) is 48.5 Å². The average Bonchev–Trinajstić information content (AvgIpc) is 3.20. The van der Waals surface area contributed by atoms with Crippen LogP contribution in [-0.2, 0) is 17.6 Å². The lowest BCUT2D eigenvalue weighted by atomic mass is 10.1. The Labute approximate surface area is 163 Å². The third kappa shape index (κ3) is 3.93. The van der Waals surface area contributed by atoms with Crippen LogP contribution in [0.3, 0.4) is 0 Å². The summed E-state index contributed by atoms with van der Waals surface area (Å²) in [4.78, 5) is 26.8. The molecule has 1 saturated heterocycles. The number of carbonyl (C=O) groups is 1. The topological polar surface area (TPSA) is 75.9 Å². The van der Waals surface area contributed by atoms with Gasteiger partial charge in [-0.2, -0.15) is 0 Å². The van der Waals surface area contributed by atoms with Gasteiger partial charge in [0.1, 0.15) is 5.75 Å². The molecule has 1 aliphatic carbocycles. The first kappa shape index (κ1) is 18.3. The Balaban J connectivity index is 1.27. The van der Waals surface area contributed by atoms with Gasteiger partial charge in [0.25, 0.3) is 11.6 Å². The number of hydrogen-bond donors (Lipinski definition) is 0. The Bertz CT molecular complexity index is 874. The van der Waals surface area contributed by atoms with Crippen LogP contribution in [0, 0.1) is 10.1 Å². The number of aryl methyl sites for hydroxylation is 2. The van der Waals surface area contributed by atoms with E-state index in [0.29, 0.717) is 26.2 Å². The zero-order valence-corrected chi connectivity index (χ0v) is 15.7. The van der Waals surface area contributed by atoms with Crippen molar-refractivity contribution in [3.63, 3.8) is 0 Å². The molecule has 146 valence electrons. The molecule has 1 heterocycles. The summed E-state index contributed by atoms with van der Waals surface area (Å²) in [7, 11) is 0. The first-order chi connectivity index (χ1) is 13.6. The van der Waals surface area contributed by atoms with Crippen molar-refractivity contribution in [1.29, 1.82) is 0 Å². The predicted octanol–water partition coefficient (Wildman–Crippen LogP) is 2.81. The number of anilines is 1. The highest BCUT2D eigenvalue weighted by Crippen LogP contribution is 2.26. The van der Waals surface area contributed by atoms with E-state index in [9.17, 15) is 14.9 Å². The summed E-state index contributed by atoms with van der Waals surface area (Å²) in [6.07, 6.45) is 3.41. The zero-order chi connectivity index (χ0) is 19.5. The highest BCUT2D eigenvalue weighted by atomic mass is 16.6. The summed E-state index contributed by atoms with van der Waals surface area (Å²) < 4.78 is 5.72. The van der Waals surface area contributed by atoms with Crippen LogP contribution in [0.2, 0.25) is 0 Å². The van der Waals surface area contributed by atoms with Gasteiger partial charge >= 0.3 is 0 Å². The van der Waals surface area contributed by atoms with E-state index in [1.807, 2.05) is 11.0 Å². The molecular weight excluding hydrogens is 358 g/mol. The molecule has 1 amide bonds. The Morgan fingerprint density at radius 1 is 1.00 bits per heavy atom. The maximum atomic E-state index is 12.5. The number of benzene rings is 2. The average molecular weight is 381 g/mol. The molecule has 1 aliphatic heterocycles. The lowest BCUT2D eigenvalue weighted by Gasteiger charge is -2.36. The molecule has 0 unspecified atom stereocenters. The number of hydrogen-bond acceptors (Lipinski definition) is 5. The van der Waals surface area contributed by atoms with Crippen molar-refractivity contribution in [3.8, 4) is 5.75 Å². The van der Waals surface area contributed by atoms with E-state index in [1.54, 1.807) is 12.1 Å². The molecule has 7 nitrogen and oxygen atoms in total. The molecule has 1 fully saturated rings. The van der Waals surface area contributed by atoms with E-state index in [0.717, 1.165) is 24.3 Å². The van der Waals surface area contributed by atoms with E-state index >= 15 is 0 Å². The number of non-ortho nitro benzene ring substituents is 1. The summed E-state index contributed by atoms with van der Waals surface area (Å²) in [5, 5.41) is 10.8. The molecule has 2 aromatic carbocycles. The second-order valence-corrected chi connectivity index (χ2v) is 7.21. The van der Waals surface area contributed by atoms with E-state index in [2.05, 4.69) is 17.0 Å². The Hall–Kier alpha value is -3.09. The number of piperazine rings is 1. The molecule has 2 aliphatic rings. The Morgan fingerprint density at radius 2 is 1.71 bits per heavy atom. The van der Waals surface area contributed by atoms with Gasteiger partial charge in [-0.25, -0.2) is 0 Å². The number of nitrogens with zero attached hydrogens (tertiary/aromatic N) is 3. The van der Waals surface area contributed by atoms with E-state index < -0.39 is 4.92 Å². The third-order valence-electron chi connectivity index (χ3n) is 5.49. The SMILES string of the molecule is O=C(COc1ccc2c(c1)CCC2)N1CCN(c2ccc([N+](=O)[O-])cc2)CC1. The maximum absolute atomic E-state index is 12.5. The fourth-order valence-corrected chi connectivity index (χ4v) is 3.87. The minimum absolute atomic E-state index is 0.0103. The zero-order valence-electron chi connectivity index (χ0n) is 15.7. The van der Waals surface area contributed by atoms with Crippen molar-refractivity contribution in [3.05, 3.63) is 63.7 Å². The standard InChI is InChI=1S/C21H23N3O4/c25-21(15-28-20-9-4-16-2-1-3-17(16)14-20)23-12-10-22(11-13-23)18-5-7-19(8-6-18)24(26)27/h4-9,14H,1-3,10-13,15H2. The lowest BCUT2D eigenvalue weighted by Crippen LogP contribution is -2.50. The predicted molar refractivity (Wildman–Crippen MR) is 106 cm³/mol. The summed E-state index contributed by atoms with van der Waals surface area (Å²) in [6, 6.07) is 12.6. The normalized spacial score (nSPS) is 16.0. The van der Waals surface area contributed by atoms with Crippen LogP contribution in [0.15, 0.2) is 42.5 Å². The number of fused-ring (bicyclic) bond motifs is 1. The van der Waals surface area contributed by atoms with Gasteiger partial charge in [0.2, 0.25) is 0 Å². The van der Waals surface area contributed by atoms with Crippen molar-refractivity contribution < 1.29 is 14.5 Å². The molecule has 7 heteroatoms. The molecule has 0 spiro atoms. The van der Waals surface area contributed by atoms with Crippen molar-refractivity contribution in [2.75, 3.05) is 37.7 Å². The van der Waals surface area contributed by atoms with Crippen LogP contribution < -0.4 is 9.64 Å². The number of carbonyl (C=O) groups excluding carboxylic acids is 1. The maximum Gasteiger partial charge on any atom is 0.269 e. The second kappa shape index (κ2) is 7.88. The lowest BCUT2D eigenvalue weighted by molar-refractivity contribution is -0.384. The number of nitro benzene ring substituents is 1. The number of amides is 1. The molecule has 2 aromatic rings. The Morgan fingerprint density at radius 3 is 2.43 bits per heavy atom. The molecule has 4 rings (SSSR count). The van der Waals surface area contributed by atoms with Crippen molar-refractivity contribution in [1.82, 2.24) is 4.90 Å². The molecule has 0 aromatic heterocycles. The number of nitro groups is 1. The minimum Gasteiger partial charge on any atom is -0.484 e. The third-order valence-corrected chi connectivity index (χ3v) is 5.49. The molecular formula is C21H23N3O4. The molecule has 0 radical (unpaired) electrons. The van der Waals surface area contributed by atoms with E-state index in [4.69, 9.17) is 4.74 Å². The molecule has 0 atom stereocenters. The van der Waals surface area contributed by atoms with Gasteiger partial charge in [-0.3, -0.25) is 14.9 Å². The highest BCUT2D eigenvalue weighted by Gasteiger charge is 2.22. The van der Waals surface area contributed by atoms with Gasteiger partial charge in [-0.1, -0.05) is 6.07 Å². The van der Waals surface area contributed by atoms with Crippen LogP contribution >= 0.6 is 0 Å². The summed E-state index contributed by atoms with van der Waals surface area (Å²) in [6.45, 7) is 2.67. The van der Waals surface area contributed by atoms with Gasteiger partial charge in [0.15, 0.2) is 6.61 Å². The largest absolute Gasteiger partial charge is 0.484 e. The summed E-state index contributed by atoms with van der Waals surface area (Å²) >= 11 is 0. The summed E-state index contributed by atoms with van der Waals surface area (Å²) in [5.41, 5.74) is 3.75. The van der Waals surface area contributed by atoms with Crippen molar-refractivity contribution in [2.24, 2.45) is 0 Å². The van der Waals surface area contributed by atoms with Crippen molar-refractivity contribution in [2.45, 2.75) is 19.3 Å². The quantitative estimate of drug-likeness (QED) is 0.588. The fourth-order valence-electron chi connectivity index (χ4n) is 3.87. The molecule has 0 N–H and O–H groups in total. The van der Waals surface area contributed by atoms with Gasteiger partial charge in [-0.05, 0) is 54.7 Å². The molecule has 0 saturated carbocycles. The van der Waals surface area contributed by atoms with Gasteiger partial charge in [0, 0.05) is 44.0 Å². The molecule has 0 bridgehead atoms. The summed E-state index contributed by atoms with van der Waals surface area (Å²) in [5.74, 6) is 0.752. The highest BCUT2D eigenvalue weighted by molar-refractivity contribution is 5.78. The van der Waals surface area contributed by atoms with Crippen LogP contribution in [0.1, 0.15) is 17.5 Å². The van der Waals surface area contributed by atoms with E-state index in [1.165, 1.54) is 29.7 Å². The monoisotopic (exact) mass is 381 g/mol. The second-order valence-electron chi connectivity index (χ2n) is 7.21. The number of rotatable bonds is 5. The number of ether oxygens (including phenoxy) is 1.